The summed E-state index contributed by atoms with van der Waals surface area (Å²) in [7, 11) is 0. The van der Waals surface area contributed by atoms with E-state index >= 15 is 0 Å². The molecule has 0 amide bonds. The SMILES string of the molecule is CC(C)c1ccccc1Nc1nccc(Nc2ccccc2N2CCOCC2)n1. The van der Waals surface area contributed by atoms with Crippen LogP contribution in [0.15, 0.2) is 60.8 Å². The number of para-hydroxylation sites is 3. The van der Waals surface area contributed by atoms with Crippen LogP contribution in [0.2, 0.25) is 0 Å². The van der Waals surface area contributed by atoms with E-state index in [2.05, 4.69) is 75.7 Å². The number of benzene rings is 2. The zero-order chi connectivity index (χ0) is 20.1. The van der Waals surface area contributed by atoms with Crippen molar-refractivity contribution >= 4 is 28.8 Å². The van der Waals surface area contributed by atoms with Crippen LogP contribution in [0.4, 0.5) is 28.8 Å². The van der Waals surface area contributed by atoms with Crippen LogP contribution in [0, 0.1) is 0 Å². The molecule has 1 aliphatic rings. The maximum absolute atomic E-state index is 5.49. The molecule has 0 aliphatic carbocycles. The second-order valence-electron chi connectivity index (χ2n) is 7.37. The topological polar surface area (TPSA) is 62.3 Å². The molecule has 0 atom stereocenters. The monoisotopic (exact) mass is 389 g/mol. The molecular formula is C23H27N5O. The highest BCUT2D eigenvalue weighted by Gasteiger charge is 2.15. The molecule has 29 heavy (non-hydrogen) atoms. The lowest BCUT2D eigenvalue weighted by Gasteiger charge is -2.30. The Bertz CT molecular complexity index is 953. The van der Waals surface area contributed by atoms with Gasteiger partial charge in [0.05, 0.1) is 24.6 Å². The molecular weight excluding hydrogens is 362 g/mol. The maximum Gasteiger partial charge on any atom is 0.229 e. The van der Waals surface area contributed by atoms with Gasteiger partial charge in [0.25, 0.3) is 0 Å². The highest BCUT2D eigenvalue weighted by molar-refractivity contribution is 5.74. The zero-order valence-corrected chi connectivity index (χ0v) is 16.9. The van der Waals surface area contributed by atoms with Gasteiger partial charge in [-0.2, -0.15) is 4.98 Å². The van der Waals surface area contributed by atoms with E-state index in [-0.39, 0.29) is 0 Å². The number of anilines is 5. The Labute approximate surface area is 172 Å². The predicted molar refractivity (Wildman–Crippen MR) is 119 cm³/mol. The van der Waals surface area contributed by atoms with Crippen molar-refractivity contribution in [2.45, 2.75) is 19.8 Å². The molecule has 1 saturated heterocycles. The maximum atomic E-state index is 5.49. The van der Waals surface area contributed by atoms with Crippen molar-refractivity contribution in [2.75, 3.05) is 41.8 Å². The van der Waals surface area contributed by atoms with Gasteiger partial charge in [-0.3, -0.25) is 0 Å². The van der Waals surface area contributed by atoms with Crippen LogP contribution in [0.3, 0.4) is 0 Å². The van der Waals surface area contributed by atoms with Crippen molar-refractivity contribution in [3.8, 4) is 0 Å². The zero-order valence-electron chi connectivity index (χ0n) is 16.9. The lowest BCUT2D eigenvalue weighted by atomic mass is 10.0. The fraction of sp³-hybridized carbons (Fsp3) is 0.304. The summed E-state index contributed by atoms with van der Waals surface area (Å²) in [5.74, 6) is 1.75. The van der Waals surface area contributed by atoms with Crippen molar-refractivity contribution in [3.05, 3.63) is 66.4 Å². The molecule has 3 aromatic rings. The van der Waals surface area contributed by atoms with Gasteiger partial charge in [0.1, 0.15) is 5.82 Å². The molecule has 1 aromatic heterocycles. The van der Waals surface area contributed by atoms with E-state index < -0.39 is 0 Å². The molecule has 6 heteroatoms. The van der Waals surface area contributed by atoms with Gasteiger partial charge < -0.3 is 20.3 Å². The van der Waals surface area contributed by atoms with E-state index in [9.17, 15) is 0 Å². The van der Waals surface area contributed by atoms with Gasteiger partial charge >= 0.3 is 0 Å². The van der Waals surface area contributed by atoms with Crippen molar-refractivity contribution in [1.82, 2.24) is 9.97 Å². The molecule has 0 saturated carbocycles. The molecule has 0 bridgehead atoms. The first-order valence-corrected chi connectivity index (χ1v) is 10.1. The van der Waals surface area contributed by atoms with Crippen LogP contribution >= 0.6 is 0 Å². The van der Waals surface area contributed by atoms with Crippen molar-refractivity contribution in [1.29, 1.82) is 0 Å². The van der Waals surface area contributed by atoms with Gasteiger partial charge in [0.15, 0.2) is 0 Å². The molecule has 1 aliphatic heterocycles. The summed E-state index contributed by atoms with van der Waals surface area (Å²) in [4.78, 5) is 11.4. The van der Waals surface area contributed by atoms with E-state index in [1.165, 1.54) is 5.56 Å². The minimum absolute atomic E-state index is 0.417. The molecule has 0 unspecified atom stereocenters. The first kappa shape index (κ1) is 19.2. The third kappa shape index (κ3) is 4.66. The van der Waals surface area contributed by atoms with Crippen molar-refractivity contribution < 1.29 is 4.74 Å². The number of morpholine rings is 1. The second kappa shape index (κ2) is 8.92. The number of rotatable bonds is 6. The van der Waals surface area contributed by atoms with Gasteiger partial charge in [0.2, 0.25) is 5.95 Å². The standard InChI is InChI=1S/C23H27N5O/c1-17(2)18-7-3-4-8-19(18)26-23-24-12-11-22(27-23)25-20-9-5-6-10-21(20)28-13-15-29-16-14-28/h3-12,17H,13-16H2,1-2H3,(H2,24,25,26,27). The quantitative estimate of drug-likeness (QED) is 0.624. The Kier molecular flexibility index (Phi) is 5.91. The Morgan fingerprint density at radius 1 is 0.897 bits per heavy atom. The van der Waals surface area contributed by atoms with Crippen LogP contribution in [0.5, 0.6) is 0 Å². The van der Waals surface area contributed by atoms with Gasteiger partial charge in [-0.05, 0) is 35.7 Å². The Hall–Kier alpha value is -3.12. The minimum atomic E-state index is 0.417. The van der Waals surface area contributed by atoms with Crippen molar-refractivity contribution in [3.63, 3.8) is 0 Å². The Balaban J connectivity index is 1.55. The van der Waals surface area contributed by atoms with Crippen LogP contribution < -0.4 is 15.5 Å². The van der Waals surface area contributed by atoms with E-state index in [0.29, 0.717) is 11.9 Å². The Morgan fingerprint density at radius 3 is 2.41 bits per heavy atom. The molecule has 0 spiro atoms. The first-order chi connectivity index (χ1) is 14.2. The second-order valence-corrected chi connectivity index (χ2v) is 7.37. The average molecular weight is 390 g/mol. The van der Waals surface area contributed by atoms with Gasteiger partial charge in [-0.15, -0.1) is 0 Å². The van der Waals surface area contributed by atoms with Crippen LogP contribution in [0.1, 0.15) is 25.3 Å². The smallest absolute Gasteiger partial charge is 0.229 e. The summed E-state index contributed by atoms with van der Waals surface area (Å²) < 4.78 is 5.49. The largest absolute Gasteiger partial charge is 0.378 e. The highest BCUT2D eigenvalue weighted by Crippen LogP contribution is 2.30. The number of hydrogen-bond acceptors (Lipinski definition) is 6. The number of nitrogens with one attached hydrogen (secondary N) is 2. The summed E-state index contributed by atoms with van der Waals surface area (Å²) in [5, 5.41) is 6.83. The summed E-state index contributed by atoms with van der Waals surface area (Å²) >= 11 is 0. The molecule has 4 rings (SSSR count). The number of nitrogens with zero attached hydrogens (tertiary/aromatic N) is 3. The van der Waals surface area contributed by atoms with Crippen LogP contribution in [0.25, 0.3) is 0 Å². The third-order valence-corrected chi connectivity index (χ3v) is 5.00. The van der Waals surface area contributed by atoms with E-state index in [1.807, 2.05) is 18.2 Å². The molecule has 6 nitrogen and oxygen atoms in total. The molecule has 0 radical (unpaired) electrons. The highest BCUT2D eigenvalue weighted by atomic mass is 16.5. The fourth-order valence-electron chi connectivity index (χ4n) is 3.52. The van der Waals surface area contributed by atoms with Crippen LogP contribution in [-0.4, -0.2) is 36.3 Å². The lowest BCUT2D eigenvalue weighted by molar-refractivity contribution is 0.123. The third-order valence-electron chi connectivity index (χ3n) is 5.00. The lowest BCUT2D eigenvalue weighted by Crippen LogP contribution is -2.36. The molecule has 2 heterocycles. The number of hydrogen-bond donors (Lipinski definition) is 2. The number of ether oxygens (including phenoxy) is 1. The Morgan fingerprint density at radius 2 is 1.62 bits per heavy atom. The summed E-state index contributed by atoms with van der Waals surface area (Å²) in [6.45, 7) is 7.66. The van der Waals surface area contributed by atoms with E-state index in [1.54, 1.807) is 6.20 Å². The molecule has 2 aromatic carbocycles. The summed E-state index contributed by atoms with van der Waals surface area (Å²) in [5.41, 5.74) is 4.47. The summed E-state index contributed by atoms with van der Waals surface area (Å²) in [6, 6.07) is 18.5. The van der Waals surface area contributed by atoms with E-state index in [0.717, 1.165) is 49.2 Å². The summed E-state index contributed by atoms with van der Waals surface area (Å²) in [6.07, 6.45) is 1.77. The minimum Gasteiger partial charge on any atom is -0.378 e. The fourth-order valence-corrected chi connectivity index (χ4v) is 3.52. The average Bonchev–Trinajstić information content (AvgIpc) is 2.75. The normalized spacial score (nSPS) is 14.1. The molecule has 2 N–H and O–H groups in total. The number of aromatic nitrogens is 2. The van der Waals surface area contributed by atoms with Crippen molar-refractivity contribution in [2.24, 2.45) is 0 Å². The van der Waals surface area contributed by atoms with Gasteiger partial charge in [0, 0.05) is 25.0 Å². The molecule has 150 valence electrons. The molecule has 1 fully saturated rings. The van der Waals surface area contributed by atoms with Gasteiger partial charge in [-0.1, -0.05) is 44.2 Å². The predicted octanol–water partition coefficient (Wildman–Crippen LogP) is 4.92. The van der Waals surface area contributed by atoms with E-state index in [4.69, 9.17) is 4.74 Å². The van der Waals surface area contributed by atoms with Crippen LogP contribution in [-0.2, 0) is 4.74 Å². The van der Waals surface area contributed by atoms with Gasteiger partial charge in [-0.25, -0.2) is 4.98 Å². The first-order valence-electron chi connectivity index (χ1n) is 10.1.